The summed E-state index contributed by atoms with van der Waals surface area (Å²) >= 11 is 5.42. The molecule has 0 aromatic heterocycles. The Labute approximate surface area is 65.5 Å². The van der Waals surface area contributed by atoms with Crippen LogP contribution in [0.25, 0.3) is 0 Å². The van der Waals surface area contributed by atoms with Crippen LogP contribution in [0.3, 0.4) is 0 Å². The minimum atomic E-state index is -0.545. The van der Waals surface area contributed by atoms with Crippen molar-refractivity contribution in [3.05, 3.63) is 0 Å². The van der Waals surface area contributed by atoms with Crippen molar-refractivity contribution < 1.29 is 9.47 Å². The molecule has 0 rings (SSSR count). The van der Waals surface area contributed by atoms with Gasteiger partial charge in [-0.25, -0.2) is 0 Å². The molecular weight excluding hydrogens is 154 g/mol. The first-order valence-corrected chi connectivity index (χ1v) is 3.35. The Morgan fingerprint density at radius 1 is 1.60 bits per heavy atom. The molecule has 10 heavy (non-hydrogen) atoms. The molecule has 0 N–H and O–H groups in total. The summed E-state index contributed by atoms with van der Waals surface area (Å²) < 4.78 is 9.65. The molecule has 0 saturated carbocycles. The van der Waals surface area contributed by atoms with E-state index >= 15 is 0 Å². The number of hydrogen-bond acceptors (Lipinski definition) is 3. The third-order valence-corrected chi connectivity index (χ3v) is 1.06. The molecule has 0 aliphatic heterocycles. The number of ether oxygens (including phenoxy) is 2. The topological polar surface area (TPSA) is 42.2 Å². The molecular formula is C6H10ClNO2. The lowest BCUT2D eigenvalue weighted by Gasteiger charge is -2.01. The van der Waals surface area contributed by atoms with Crippen LogP contribution in [-0.2, 0) is 9.47 Å². The molecule has 0 aromatic carbocycles. The van der Waals surface area contributed by atoms with Crippen molar-refractivity contribution >= 4 is 11.6 Å². The molecule has 0 aliphatic carbocycles. The Kier molecular flexibility index (Phi) is 6.61. The average Bonchev–Trinajstić information content (AvgIpc) is 1.98. The number of hydrogen-bond donors (Lipinski definition) is 0. The lowest BCUT2D eigenvalue weighted by atomic mass is 10.5. The number of nitrogens with zero attached hydrogens (tertiary/aromatic N) is 1. The zero-order chi connectivity index (χ0) is 7.82. The Balaban J connectivity index is 2.98. The van der Waals surface area contributed by atoms with Gasteiger partial charge < -0.3 is 9.47 Å². The number of rotatable bonds is 5. The predicted molar refractivity (Wildman–Crippen MR) is 37.9 cm³/mol. The van der Waals surface area contributed by atoms with Crippen LogP contribution in [0, 0.1) is 11.3 Å². The van der Waals surface area contributed by atoms with E-state index in [1.54, 1.807) is 7.11 Å². The smallest absolute Gasteiger partial charge is 0.143 e. The Bertz CT molecular complexity index is 113. The molecule has 1 atom stereocenters. The van der Waals surface area contributed by atoms with E-state index in [1.165, 1.54) is 0 Å². The van der Waals surface area contributed by atoms with Crippen LogP contribution in [0.4, 0.5) is 0 Å². The van der Waals surface area contributed by atoms with Gasteiger partial charge in [0.2, 0.25) is 0 Å². The fraction of sp³-hybridized carbons (Fsp3) is 0.833. The van der Waals surface area contributed by atoms with Crippen LogP contribution in [0.15, 0.2) is 0 Å². The summed E-state index contributed by atoms with van der Waals surface area (Å²) in [4.78, 5) is 0. The third kappa shape index (κ3) is 5.83. The fourth-order valence-electron chi connectivity index (χ4n) is 0.366. The van der Waals surface area contributed by atoms with Crippen LogP contribution in [0.1, 0.15) is 0 Å². The first-order chi connectivity index (χ1) is 4.81. The van der Waals surface area contributed by atoms with Crippen molar-refractivity contribution in [3.63, 3.8) is 0 Å². The van der Waals surface area contributed by atoms with Crippen molar-refractivity contribution in [1.82, 2.24) is 0 Å². The monoisotopic (exact) mass is 163 g/mol. The summed E-state index contributed by atoms with van der Waals surface area (Å²) in [5.41, 5.74) is 0. The van der Waals surface area contributed by atoms with Gasteiger partial charge in [-0.3, -0.25) is 0 Å². The number of nitriles is 1. The molecule has 58 valence electrons. The molecule has 4 heteroatoms. The van der Waals surface area contributed by atoms with Crippen molar-refractivity contribution in [1.29, 1.82) is 5.26 Å². The van der Waals surface area contributed by atoms with E-state index in [2.05, 4.69) is 0 Å². The van der Waals surface area contributed by atoms with Gasteiger partial charge in [0, 0.05) is 7.11 Å². The summed E-state index contributed by atoms with van der Waals surface area (Å²) in [7, 11) is 1.59. The van der Waals surface area contributed by atoms with E-state index in [9.17, 15) is 0 Å². The van der Waals surface area contributed by atoms with E-state index < -0.39 is 5.38 Å². The second-order valence-corrected chi connectivity index (χ2v) is 2.19. The second-order valence-electron chi connectivity index (χ2n) is 1.66. The molecule has 0 heterocycles. The maximum absolute atomic E-state index is 8.20. The van der Waals surface area contributed by atoms with E-state index in [0.29, 0.717) is 13.2 Å². The summed E-state index contributed by atoms with van der Waals surface area (Å²) in [6.07, 6.45) is 0. The molecule has 0 spiro atoms. The van der Waals surface area contributed by atoms with Crippen LogP contribution in [0.5, 0.6) is 0 Å². The highest BCUT2D eigenvalue weighted by molar-refractivity contribution is 6.22. The van der Waals surface area contributed by atoms with Crippen LogP contribution >= 0.6 is 11.6 Å². The molecule has 3 nitrogen and oxygen atoms in total. The number of halogens is 1. The van der Waals surface area contributed by atoms with Crippen LogP contribution in [-0.4, -0.2) is 32.3 Å². The highest BCUT2D eigenvalue weighted by Crippen LogP contribution is 1.92. The minimum absolute atomic E-state index is 0.265. The molecule has 0 aliphatic rings. The molecule has 0 fully saturated rings. The predicted octanol–water partition coefficient (Wildman–Crippen LogP) is 0.780. The van der Waals surface area contributed by atoms with E-state index in [1.807, 2.05) is 6.07 Å². The van der Waals surface area contributed by atoms with Crippen LogP contribution in [0.2, 0.25) is 0 Å². The van der Waals surface area contributed by atoms with Crippen LogP contribution < -0.4 is 0 Å². The molecule has 0 radical (unpaired) electrons. The normalized spacial score (nSPS) is 12.5. The summed E-state index contributed by atoms with van der Waals surface area (Å²) in [5.74, 6) is 0. The van der Waals surface area contributed by atoms with E-state index in [-0.39, 0.29) is 6.61 Å². The van der Waals surface area contributed by atoms with Crippen molar-refractivity contribution in [2.24, 2.45) is 0 Å². The van der Waals surface area contributed by atoms with Gasteiger partial charge in [-0.2, -0.15) is 5.26 Å². The van der Waals surface area contributed by atoms with Gasteiger partial charge in [0.15, 0.2) is 0 Å². The standard InChI is InChI=1S/C6H10ClNO2/c1-9-2-3-10-5-6(7)4-8/h6H,2-3,5H2,1H3. The molecule has 0 aromatic rings. The van der Waals surface area contributed by atoms with Gasteiger partial charge >= 0.3 is 0 Å². The molecule has 0 saturated heterocycles. The first kappa shape index (κ1) is 9.70. The summed E-state index contributed by atoms with van der Waals surface area (Å²) in [6, 6.07) is 1.84. The zero-order valence-corrected chi connectivity index (χ0v) is 6.60. The summed E-state index contributed by atoms with van der Waals surface area (Å²) in [6.45, 7) is 1.29. The maximum Gasteiger partial charge on any atom is 0.143 e. The van der Waals surface area contributed by atoms with Gasteiger partial charge in [-0.15, -0.1) is 11.6 Å². The number of methoxy groups -OCH3 is 1. The van der Waals surface area contributed by atoms with Gasteiger partial charge in [0.05, 0.1) is 25.9 Å². The van der Waals surface area contributed by atoms with Gasteiger partial charge in [0.25, 0.3) is 0 Å². The first-order valence-electron chi connectivity index (χ1n) is 2.91. The minimum Gasteiger partial charge on any atom is -0.382 e. The van der Waals surface area contributed by atoms with Gasteiger partial charge in [-0.05, 0) is 0 Å². The lowest BCUT2D eigenvalue weighted by Crippen LogP contribution is -2.10. The maximum atomic E-state index is 8.20. The van der Waals surface area contributed by atoms with Crippen molar-refractivity contribution in [2.75, 3.05) is 26.9 Å². The number of alkyl halides is 1. The largest absolute Gasteiger partial charge is 0.382 e. The third-order valence-electron chi connectivity index (χ3n) is 0.836. The highest BCUT2D eigenvalue weighted by atomic mass is 35.5. The van der Waals surface area contributed by atoms with Crippen molar-refractivity contribution in [2.45, 2.75) is 5.38 Å². The zero-order valence-electron chi connectivity index (χ0n) is 5.84. The quantitative estimate of drug-likeness (QED) is 0.444. The van der Waals surface area contributed by atoms with Crippen molar-refractivity contribution in [3.8, 4) is 6.07 Å². The Morgan fingerprint density at radius 2 is 2.30 bits per heavy atom. The molecule has 0 bridgehead atoms. The summed E-state index contributed by atoms with van der Waals surface area (Å²) in [5, 5.41) is 7.65. The highest BCUT2D eigenvalue weighted by Gasteiger charge is 1.99. The van der Waals surface area contributed by atoms with E-state index in [4.69, 9.17) is 26.3 Å². The lowest BCUT2D eigenvalue weighted by molar-refractivity contribution is 0.0745. The SMILES string of the molecule is COCCOCC(Cl)C#N. The Morgan fingerprint density at radius 3 is 2.80 bits per heavy atom. The van der Waals surface area contributed by atoms with Gasteiger partial charge in [0.1, 0.15) is 5.38 Å². The molecule has 1 unspecified atom stereocenters. The average molecular weight is 164 g/mol. The molecule has 0 amide bonds. The van der Waals surface area contributed by atoms with Gasteiger partial charge in [-0.1, -0.05) is 0 Å². The fourth-order valence-corrected chi connectivity index (χ4v) is 0.455. The second kappa shape index (κ2) is 6.81. The van der Waals surface area contributed by atoms with E-state index in [0.717, 1.165) is 0 Å². The Hall–Kier alpha value is -0.300.